The van der Waals surface area contributed by atoms with E-state index in [0.29, 0.717) is 0 Å². The molecule has 114 valence electrons. The Kier molecular flexibility index (Phi) is 3.06. The summed E-state index contributed by atoms with van der Waals surface area (Å²) in [7, 11) is 0. The fraction of sp³-hybridized carbons (Fsp3) is 0.923. The molecule has 4 nitrogen and oxygen atoms in total. The Morgan fingerprint density at radius 2 is 1.90 bits per heavy atom. The number of amides is 1. The summed E-state index contributed by atoms with van der Waals surface area (Å²) in [6, 6.07) is 0. The molecule has 20 heavy (non-hydrogen) atoms. The number of carbonyl (C=O) groups excluding carboxylic acids is 1. The molecule has 0 bridgehead atoms. The molecule has 3 aliphatic rings. The van der Waals surface area contributed by atoms with Gasteiger partial charge in [-0.15, -0.1) is 0 Å². The number of piperidine rings is 1. The number of alkyl halides is 3. The predicted molar refractivity (Wildman–Crippen MR) is 64.8 cm³/mol. The van der Waals surface area contributed by atoms with Crippen LogP contribution in [0.4, 0.5) is 13.2 Å². The highest BCUT2D eigenvalue weighted by Crippen LogP contribution is 2.59. The maximum Gasteiger partial charge on any atom is 0.419 e. The van der Waals surface area contributed by atoms with Gasteiger partial charge in [0.05, 0.1) is 6.54 Å². The average molecular weight is 292 g/mol. The number of aliphatic hydroxyl groups is 1. The molecular weight excluding hydrogens is 273 g/mol. The lowest BCUT2D eigenvalue weighted by atomic mass is 9.91. The van der Waals surface area contributed by atoms with Crippen LogP contribution in [0.3, 0.4) is 0 Å². The van der Waals surface area contributed by atoms with Crippen molar-refractivity contribution in [3.8, 4) is 0 Å². The van der Waals surface area contributed by atoms with Gasteiger partial charge in [0, 0.05) is 18.9 Å². The number of nitrogens with one attached hydrogen (secondary N) is 1. The smallest absolute Gasteiger partial charge is 0.379 e. The summed E-state index contributed by atoms with van der Waals surface area (Å²) >= 11 is 0. The Labute approximate surface area is 115 Å². The zero-order valence-corrected chi connectivity index (χ0v) is 11.2. The molecule has 7 heteroatoms. The molecule has 1 spiro atoms. The molecule has 2 N–H and O–H groups in total. The van der Waals surface area contributed by atoms with Crippen LogP contribution in [-0.4, -0.2) is 53.9 Å². The van der Waals surface area contributed by atoms with Crippen molar-refractivity contribution >= 4 is 5.91 Å². The highest BCUT2D eigenvalue weighted by Gasteiger charge is 2.62. The lowest BCUT2D eigenvalue weighted by molar-refractivity contribution is -0.253. The maximum absolute atomic E-state index is 12.8. The third kappa shape index (κ3) is 2.11. The first-order chi connectivity index (χ1) is 9.28. The van der Waals surface area contributed by atoms with Gasteiger partial charge in [0.15, 0.2) is 5.60 Å². The van der Waals surface area contributed by atoms with Gasteiger partial charge in [0.25, 0.3) is 0 Å². The first-order valence-corrected chi connectivity index (χ1v) is 7.06. The van der Waals surface area contributed by atoms with E-state index in [0.717, 1.165) is 32.4 Å². The Balaban J connectivity index is 1.63. The molecule has 3 rings (SSSR count). The molecule has 3 fully saturated rings. The summed E-state index contributed by atoms with van der Waals surface area (Å²) in [6.07, 6.45) is -2.46. The minimum atomic E-state index is -4.67. The van der Waals surface area contributed by atoms with Crippen LogP contribution in [0.25, 0.3) is 0 Å². The topological polar surface area (TPSA) is 52.6 Å². The highest BCUT2D eigenvalue weighted by atomic mass is 19.4. The molecule has 1 amide bonds. The predicted octanol–water partition coefficient (Wildman–Crippen LogP) is 0.902. The fourth-order valence-electron chi connectivity index (χ4n) is 3.61. The van der Waals surface area contributed by atoms with Crippen LogP contribution in [0.5, 0.6) is 0 Å². The lowest BCUT2D eigenvalue weighted by Crippen LogP contribution is -2.48. The number of hydrogen-bond donors (Lipinski definition) is 2. The number of rotatable bonds is 1. The van der Waals surface area contributed by atoms with Crippen LogP contribution in [0, 0.1) is 11.3 Å². The number of likely N-dealkylation sites (tertiary alicyclic amines) is 1. The first-order valence-electron chi connectivity index (χ1n) is 7.06. The molecule has 0 aromatic rings. The van der Waals surface area contributed by atoms with Gasteiger partial charge in [0.2, 0.25) is 5.91 Å². The van der Waals surface area contributed by atoms with Crippen LogP contribution >= 0.6 is 0 Å². The minimum Gasteiger partial charge on any atom is -0.379 e. The number of halogens is 3. The van der Waals surface area contributed by atoms with Crippen LogP contribution in [0.15, 0.2) is 0 Å². The van der Waals surface area contributed by atoms with Crippen molar-refractivity contribution in [1.82, 2.24) is 10.2 Å². The van der Waals surface area contributed by atoms with Gasteiger partial charge in [-0.25, -0.2) is 0 Å². The Morgan fingerprint density at radius 3 is 2.45 bits per heavy atom. The molecule has 0 radical (unpaired) electrons. The molecule has 2 aliphatic heterocycles. The van der Waals surface area contributed by atoms with Gasteiger partial charge in [-0.05, 0) is 37.8 Å². The maximum atomic E-state index is 12.8. The van der Waals surface area contributed by atoms with Crippen LogP contribution in [0.2, 0.25) is 0 Å². The van der Waals surface area contributed by atoms with Crippen molar-refractivity contribution in [2.24, 2.45) is 11.3 Å². The van der Waals surface area contributed by atoms with Crippen molar-refractivity contribution in [2.45, 2.75) is 37.5 Å². The van der Waals surface area contributed by atoms with Gasteiger partial charge in [0.1, 0.15) is 0 Å². The summed E-state index contributed by atoms with van der Waals surface area (Å²) in [5.74, 6) is -0.341. The van der Waals surface area contributed by atoms with Crippen LogP contribution in [0.1, 0.15) is 25.7 Å². The quantitative estimate of drug-likeness (QED) is 0.755. The first kappa shape index (κ1) is 14.1. The van der Waals surface area contributed by atoms with Crippen LogP contribution < -0.4 is 5.32 Å². The third-order valence-electron chi connectivity index (χ3n) is 5.17. The zero-order valence-electron chi connectivity index (χ0n) is 11.2. The average Bonchev–Trinajstić information content (AvgIpc) is 2.89. The van der Waals surface area contributed by atoms with Crippen molar-refractivity contribution in [3.63, 3.8) is 0 Å². The molecular formula is C13H19F3N2O2. The molecule has 1 saturated carbocycles. The largest absolute Gasteiger partial charge is 0.419 e. The second-order valence-electron chi connectivity index (χ2n) is 6.41. The second kappa shape index (κ2) is 4.34. The van der Waals surface area contributed by atoms with Gasteiger partial charge in [-0.2, -0.15) is 13.2 Å². The van der Waals surface area contributed by atoms with Crippen molar-refractivity contribution in [2.75, 3.05) is 26.2 Å². The summed E-state index contributed by atoms with van der Waals surface area (Å²) < 4.78 is 38.3. The van der Waals surface area contributed by atoms with E-state index in [1.165, 1.54) is 4.90 Å². The van der Waals surface area contributed by atoms with E-state index in [1.54, 1.807) is 0 Å². The number of β-amino-alcohol motifs (C(OH)–C–C–N with tert-alkyl or cyclic N) is 1. The Hall–Kier alpha value is -0.820. The SMILES string of the molecule is O=C(C1CC12CCNCC2)N1CCC(O)(C(F)(F)F)C1. The van der Waals surface area contributed by atoms with Crippen molar-refractivity contribution < 1.29 is 23.1 Å². The highest BCUT2D eigenvalue weighted by molar-refractivity contribution is 5.83. The summed E-state index contributed by atoms with van der Waals surface area (Å²) in [4.78, 5) is 13.5. The lowest BCUT2D eigenvalue weighted by Gasteiger charge is -2.27. The minimum absolute atomic E-state index is 0.000324. The second-order valence-corrected chi connectivity index (χ2v) is 6.41. The molecule has 0 aromatic carbocycles. The van der Waals surface area contributed by atoms with E-state index in [2.05, 4.69) is 5.32 Å². The van der Waals surface area contributed by atoms with E-state index in [-0.39, 0.29) is 23.8 Å². The molecule has 0 aromatic heterocycles. The van der Waals surface area contributed by atoms with E-state index < -0.39 is 24.7 Å². The van der Waals surface area contributed by atoms with E-state index in [9.17, 15) is 23.1 Å². The molecule has 1 aliphatic carbocycles. The zero-order chi connectivity index (χ0) is 14.6. The standard InChI is InChI=1S/C13H19F3N2O2/c14-13(15,16)12(20)3-6-18(8-12)10(19)9-7-11(9)1-4-17-5-2-11/h9,17,20H,1-8H2. The molecule has 2 atom stereocenters. The van der Waals surface area contributed by atoms with E-state index in [1.807, 2.05) is 0 Å². The van der Waals surface area contributed by atoms with E-state index in [4.69, 9.17) is 0 Å². The normalized spacial score (nSPS) is 36.4. The van der Waals surface area contributed by atoms with E-state index >= 15 is 0 Å². The monoisotopic (exact) mass is 292 g/mol. The molecule has 2 heterocycles. The summed E-state index contributed by atoms with van der Waals surface area (Å²) in [6.45, 7) is 1.13. The van der Waals surface area contributed by atoms with Gasteiger partial charge >= 0.3 is 6.18 Å². The number of hydrogen-bond acceptors (Lipinski definition) is 3. The third-order valence-corrected chi connectivity index (χ3v) is 5.17. The Morgan fingerprint density at radius 1 is 1.25 bits per heavy atom. The molecule has 2 unspecified atom stereocenters. The fourth-order valence-corrected chi connectivity index (χ4v) is 3.61. The number of nitrogens with zero attached hydrogens (tertiary/aromatic N) is 1. The Bertz CT molecular complexity index is 420. The van der Waals surface area contributed by atoms with Gasteiger partial charge in [-0.1, -0.05) is 0 Å². The summed E-state index contributed by atoms with van der Waals surface area (Å²) in [5, 5.41) is 12.9. The van der Waals surface area contributed by atoms with Crippen molar-refractivity contribution in [1.29, 1.82) is 0 Å². The van der Waals surface area contributed by atoms with Crippen LogP contribution in [-0.2, 0) is 4.79 Å². The van der Waals surface area contributed by atoms with Gasteiger partial charge < -0.3 is 15.3 Å². The van der Waals surface area contributed by atoms with Crippen molar-refractivity contribution in [3.05, 3.63) is 0 Å². The van der Waals surface area contributed by atoms with Gasteiger partial charge in [-0.3, -0.25) is 4.79 Å². The molecule has 2 saturated heterocycles. The summed E-state index contributed by atoms with van der Waals surface area (Å²) in [5.41, 5.74) is -2.71. The number of carbonyl (C=O) groups is 1.